The van der Waals surface area contributed by atoms with Crippen LogP contribution in [-0.2, 0) is 0 Å². The Bertz CT molecular complexity index is 1150. The molecule has 4 rings (SSSR count). The first kappa shape index (κ1) is 20.1. The Morgan fingerprint density at radius 2 is 1.80 bits per heavy atom. The molecule has 0 aliphatic heterocycles. The van der Waals surface area contributed by atoms with E-state index in [0.717, 1.165) is 26.8 Å². The van der Waals surface area contributed by atoms with Gasteiger partial charge in [0.1, 0.15) is 10.8 Å². The van der Waals surface area contributed by atoms with E-state index in [0.29, 0.717) is 10.6 Å². The maximum absolute atomic E-state index is 12.8. The summed E-state index contributed by atoms with van der Waals surface area (Å²) in [7, 11) is 0. The number of anilines is 2. The van der Waals surface area contributed by atoms with Gasteiger partial charge in [-0.3, -0.25) is 4.79 Å². The van der Waals surface area contributed by atoms with Crippen LogP contribution in [0.25, 0.3) is 0 Å². The van der Waals surface area contributed by atoms with Crippen LogP contribution in [0.1, 0.15) is 32.4 Å². The van der Waals surface area contributed by atoms with E-state index < -0.39 is 0 Å². The highest BCUT2D eigenvalue weighted by atomic mass is 35.5. The van der Waals surface area contributed by atoms with Crippen LogP contribution in [0.3, 0.4) is 0 Å². The van der Waals surface area contributed by atoms with Crippen LogP contribution in [0.2, 0.25) is 5.02 Å². The molecule has 1 amide bonds. The van der Waals surface area contributed by atoms with Crippen molar-refractivity contribution in [3.05, 3.63) is 112 Å². The summed E-state index contributed by atoms with van der Waals surface area (Å²) in [6, 6.07) is 24.5. The molecule has 0 radical (unpaired) electrons. The summed E-state index contributed by atoms with van der Waals surface area (Å²) in [5.74, 6) is 0.605. The Kier molecular flexibility index (Phi) is 6.12. The zero-order valence-electron chi connectivity index (χ0n) is 16.3. The summed E-state index contributed by atoms with van der Waals surface area (Å²) in [5, 5.41) is 8.03. The number of hydrogen-bond donors (Lipinski definition) is 2. The summed E-state index contributed by atoms with van der Waals surface area (Å²) in [5.41, 5.74) is 2.57. The average Bonchev–Trinajstić information content (AvgIpc) is 3.13. The maximum Gasteiger partial charge on any atom is 0.256 e. The molecule has 2 N–H and O–H groups in total. The van der Waals surface area contributed by atoms with Crippen LogP contribution in [0.5, 0.6) is 0 Å². The normalized spacial score (nSPS) is 11.7. The maximum atomic E-state index is 12.8. The lowest BCUT2D eigenvalue weighted by Gasteiger charge is -2.21. The second-order valence-electron chi connectivity index (χ2n) is 6.81. The van der Waals surface area contributed by atoms with Gasteiger partial charge in [0.05, 0.1) is 6.04 Å². The molecule has 0 spiro atoms. The third-order valence-electron chi connectivity index (χ3n) is 4.60. The molecule has 0 saturated heterocycles. The third-order valence-corrected chi connectivity index (χ3v) is 5.81. The molecule has 6 heteroatoms. The molecule has 0 aliphatic rings. The monoisotopic (exact) mass is 433 g/mol. The zero-order valence-corrected chi connectivity index (χ0v) is 17.9. The van der Waals surface area contributed by atoms with Crippen LogP contribution in [0.4, 0.5) is 10.8 Å². The molecule has 2 aromatic heterocycles. The van der Waals surface area contributed by atoms with E-state index in [1.54, 1.807) is 29.7 Å². The second kappa shape index (κ2) is 9.11. The Labute approximate surface area is 184 Å². The summed E-state index contributed by atoms with van der Waals surface area (Å²) in [6.07, 6.45) is 1.74. The molecule has 2 aromatic carbocycles. The summed E-state index contributed by atoms with van der Waals surface area (Å²) in [4.78, 5) is 18.3. The number of nitrogens with one attached hydrogen (secondary N) is 2. The van der Waals surface area contributed by atoms with E-state index in [4.69, 9.17) is 11.6 Å². The highest BCUT2D eigenvalue weighted by molar-refractivity contribution is 7.16. The van der Waals surface area contributed by atoms with Gasteiger partial charge in [0.2, 0.25) is 0 Å². The lowest BCUT2D eigenvalue weighted by Crippen LogP contribution is -2.17. The van der Waals surface area contributed by atoms with Crippen LogP contribution < -0.4 is 10.6 Å². The number of amides is 1. The molecule has 0 aliphatic carbocycles. The van der Waals surface area contributed by atoms with E-state index in [1.807, 2.05) is 67.6 Å². The number of aromatic nitrogens is 1. The lowest BCUT2D eigenvalue weighted by atomic mass is 10.00. The predicted molar refractivity (Wildman–Crippen MR) is 125 cm³/mol. The molecule has 4 nitrogen and oxygen atoms in total. The first-order chi connectivity index (χ1) is 14.6. The minimum atomic E-state index is -0.227. The fraction of sp³-hybridized carbons (Fsp3) is 0.0833. The molecule has 0 unspecified atom stereocenters. The molecule has 0 saturated carbocycles. The van der Waals surface area contributed by atoms with Crippen LogP contribution in [0, 0.1) is 6.92 Å². The molecule has 30 heavy (non-hydrogen) atoms. The topological polar surface area (TPSA) is 54.0 Å². The lowest BCUT2D eigenvalue weighted by molar-refractivity contribution is 0.102. The Morgan fingerprint density at radius 3 is 2.53 bits per heavy atom. The molecule has 2 heterocycles. The van der Waals surface area contributed by atoms with Gasteiger partial charge in [-0.05, 0) is 55.0 Å². The van der Waals surface area contributed by atoms with E-state index in [2.05, 4.69) is 21.7 Å². The average molecular weight is 434 g/mol. The van der Waals surface area contributed by atoms with Crippen molar-refractivity contribution in [2.24, 2.45) is 0 Å². The Balaban J connectivity index is 1.72. The van der Waals surface area contributed by atoms with Crippen molar-refractivity contribution in [3.8, 4) is 0 Å². The Morgan fingerprint density at radius 1 is 1.00 bits per heavy atom. The first-order valence-electron chi connectivity index (χ1n) is 9.50. The van der Waals surface area contributed by atoms with Gasteiger partial charge in [-0.2, -0.15) is 0 Å². The number of rotatable bonds is 6. The molecule has 150 valence electrons. The van der Waals surface area contributed by atoms with Gasteiger partial charge in [-0.25, -0.2) is 4.98 Å². The van der Waals surface area contributed by atoms with Gasteiger partial charge in [-0.1, -0.05) is 48.0 Å². The number of aryl methyl sites for hydroxylation is 1. The van der Waals surface area contributed by atoms with Gasteiger partial charge >= 0.3 is 0 Å². The van der Waals surface area contributed by atoms with Gasteiger partial charge in [0.25, 0.3) is 5.91 Å². The van der Waals surface area contributed by atoms with Crippen LogP contribution in [-0.4, -0.2) is 10.9 Å². The summed E-state index contributed by atoms with van der Waals surface area (Å²) < 4.78 is 0. The SMILES string of the molecule is Cc1cc([C@H](Nc2ccccn2)c2cccc(Cl)c2)c(NC(=O)c2ccccc2)s1. The third kappa shape index (κ3) is 4.70. The number of benzene rings is 2. The van der Waals surface area contributed by atoms with Crippen LogP contribution >= 0.6 is 22.9 Å². The molecule has 0 fully saturated rings. The number of carbonyl (C=O) groups excluding carboxylic acids is 1. The van der Waals surface area contributed by atoms with Gasteiger partial charge < -0.3 is 10.6 Å². The highest BCUT2D eigenvalue weighted by Crippen LogP contribution is 2.38. The standard InChI is InChI=1S/C24H20ClN3OS/c1-16-14-20(24(30-16)28-23(29)17-8-3-2-4-9-17)22(18-10-7-11-19(25)15-18)27-21-12-5-6-13-26-21/h2-15,22H,1H3,(H,26,27)(H,28,29)/t22-/m1/s1. The van der Waals surface area contributed by atoms with E-state index in [1.165, 1.54) is 0 Å². The van der Waals surface area contributed by atoms with E-state index in [-0.39, 0.29) is 11.9 Å². The number of hydrogen-bond acceptors (Lipinski definition) is 4. The molecular weight excluding hydrogens is 414 g/mol. The fourth-order valence-electron chi connectivity index (χ4n) is 3.23. The van der Waals surface area contributed by atoms with Crippen molar-refractivity contribution in [1.82, 2.24) is 4.98 Å². The van der Waals surface area contributed by atoms with E-state index in [9.17, 15) is 4.79 Å². The van der Waals surface area contributed by atoms with Crippen molar-refractivity contribution in [3.63, 3.8) is 0 Å². The summed E-state index contributed by atoms with van der Waals surface area (Å²) in [6.45, 7) is 2.03. The zero-order chi connectivity index (χ0) is 20.9. The molecular formula is C24H20ClN3OS. The number of thiophene rings is 1. The van der Waals surface area contributed by atoms with Crippen molar-refractivity contribution >= 4 is 39.7 Å². The minimum Gasteiger partial charge on any atom is -0.359 e. The number of halogens is 1. The Hall–Kier alpha value is -3.15. The largest absolute Gasteiger partial charge is 0.359 e. The predicted octanol–water partition coefficient (Wildman–Crippen LogP) is 6.56. The molecule has 4 aromatic rings. The van der Waals surface area contributed by atoms with Crippen molar-refractivity contribution in [2.45, 2.75) is 13.0 Å². The van der Waals surface area contributed by atoms with Crippen molar-refractivity contribution in [2.75, 3.05) is 10.6 Å². The number of carbonyl (C=O) groups is 1. The molecule has 0 bridgehead atoms. The van der Waals surface area contributed by atoms with Crippen molar-refractivity contribution < 1.29 is 4.79 Å². The van der Waals surface area contributed by atoms with Crippen molar-refractivity contribution in [1.29, 1.82) is 0 Å². The smallest absolute Gasteiger partial charge is 0.256 e. The van der Waals surface area contributed by atoms with E-state index >= 15 is 0 Å². The highest BCUT2D eigenvalue weighted by Gasteiger charge is 2.22. The van der Waals surface area contributed by atoms with Gasteiger partial charge in [0, 0.05) is 27.2 Å². The number of nitrogens with zero attached hydrogens (tertiary/aromatic N) is 1. The van der Waals surface area contributed by atoms with Gasteiger partial charge in [0.15, 0.2) is 0 Å². The minimum absolute atomic E-state index is 0.138. The second-order valence-corrected chi connectivity index (χ2v) is 8.50. The quantitative estimate of drug-likeness (QED) is 0.362. The molecule has 1 atom stereocenters. The number of pyridine rings is 1. The van der Waals surface area contributed by atoms with Crippen LogP contribution in [0.15, 0.2) is 85.1 Å². The first-order valence-corrected chi connectivity index (χ1v) is 10.7. The fourth-order valence-corrected chi connectivity index (χ4v) is 4.38. The summed E-state index contributed by atoms with van der Waals surface area (Å²) >= 11 is 7.83. The van der Waals surface area contributed by atoms with Gasteiger partial charge in [-0.15, -0.1) is 11.3 Å².